The Morgan fingerprint density at radius 3 is 2.33 bits per heavy atom. The average Bonchev–Trinajstić information content (AvgIpc) is 2.78. The van der Waals surface area contributed by atoms with Crippen molar-refractivity contribution >= 4 is 15.7 Å². The van der Waals surface area contributed by atoms with E-state index < -0.39 is 16.1 Å². The minimum Gasteiger partial charge on any atom is -0.506 e. The third kappa shape index (κ3) is 7.49. The number of methoxy groups -OCH3 is 1. The summed E-state index contributed by atoms with van der Waals surface area (Å²) in [6, 6.07) is 22.4. The first-order valence-electron chi connectivity index (χ1n) is 10.6. The fourth-order valence-electron chi connectivity index (χ4n) is 3.71. The molecular weight excluding hydrogens is 440 g/mol. The molecule has 0 amide bonds. The third-order valence-electron chi connectivity index (χ3n) is 5.22. The zero-order chi connectivity index (χ0) is 23.8. The molecule has 3 aromatic carbocycles. The van der Waals surface area contributed by atoms with E-state index in [-0.39, 0.29) is 23.9 Å². The van der Waals surface area contributed by atoms with Gasteiger partial charge in [-0.25, -0.2) is 8.42 Å². The fraction of sp³-hybridized carbons (Fsp3) is 0.280. The van der Waals surface area contributed by atoms with Gasteiger partial charge in [-0.1, -0.05) is 54.6 Å². The number of nitrogens with one attached hydrogen (secondary N) is 2. The van der Waals surface area contributed by atoms with Crippen LogP contribution in [0.5, 0.6) is 11.5 Å². The summed E-state index contributed by atoms with van der Waals surface area (Å²) >= 11 is 0. The highest BCUT2D eigenvalue weighted by Gasteiger charge is 2.18. The fourth-order valence-corrected chi connectivity index (χ4v) is 4.27. The standard InChI is InChI=1S/C25H30N2O5S/c1-32-25-11-7-6-10-21(25)22(15-18-8-4-3-5-9-18)26-17-20(28)14-19-12-13-24(29)23(16-19)27-33(2,30)31/h3-13,16,20,22,26-29H,14-15,17H2,1-2H3. The van der Waals surface area contributed by atoms with Gasteiger partial charge in [0.1, 0.15) is 11.5 Å². The summed E-state index contributed by atoms with van der Waals surface area (Å²) in [4.78, 5) is 0. The molecule has 4 N–H and O–H groups in total. The summed E-state index contributed by atoms with van der Waals surface area (Å²) < 4.78 is 30.9. The zero-order valence-corrected chi connectivity index (χ0v) is 19.5. The van der Waals surface area contributed by atoms with E-state index in [9.17, 15) is 18.6 Å². The number of hydrogen-bond donors (Lipinski definition) is 4. The topological polar surface area (TPSA) is 108 Å². The van der Waals surface area contributed by atoms with Crippen molar-refractivity contribution < 1.29 is 23.4 Å². The average molecular weight is 471 g/mol. The van der Waals surface area contributed by atoms with Gasteiger partial charge in [-0.15, -0.1) is 0 Å². The van der Waals surface area contributed by atoms with Crippen LogP contribution in [0.15, 0.2) is 72.8 Å². The van der Waals surface area contributed by atoms with Gasteiger partial charge >= 0.3 is 0 Å². The van der Waals surface area contributed by atoms with E-state index in [1.807, 2.05) is 42.5 Å². The van der Waals surface area contributed by atoms with Gasteiger partial charge in [0.15, 0.2) is 0 Å². The molecule has 0 spiro atoms. The molecule has 176 valence electrons. The van der Waals surface area contributed by atoms with Crippen molar-refractivity contribution in [2.45, 2.75) is 25.0 Å². The number of aliphatic hydroxyl groups excluding tert-OH is 1. The van der Waals surface area contributed by atoms with E-state index in [0.717, 1.165) is 29.6 Å². The summed E-state index contributed by atoms with van der Waals surface area (Å²) in [7, 11) is -1.89. The van der Waals surface area contributed by atoms with Gasteiger partial charge < -0.3 is 20.3 Å². The highest BCUT2D eigenvalue weighted by Crippen LogP contribution is 2.28. The molecule has 2 atom stereocenters. The van der Waals surface area contributed by atoms with Crippen LogP contribution in [0.25, 0.3) is 0 Å². The number of aromatic hydroxyl groups is 1. The summed E-state index contributed by atoms with van der Waals surface area (Å²) in [5.74, 6) is 0.603. The maximum atomic E-state index is 11.5. The first-order valence-corrected chi connectivity index (χ1v) is 12.5. The van der Waals surface area contributed by atoms with Crippen LogP contribution >= 0.6 is 0 Å². The van der Waals surface area contributed by atoms with E-state index in [0.29, 0.717) is 12.1 Å². The lowest BCUT2D eigenvalue weighted by molar-refractivity contribution is 0.166. The van der Waals surface area contributed by atoms with Crippen molar-refractivity contribution in [3.05, 3.63) is 89.5 Å². The van der Waals surface area contributed by atoms with E-state index in [2.05, 4.69) is 22.2 Å². The molecule has 0 aliphatic carbocycles. The maximum Gasteiger partial charge on any atom is 0.229 e. The van der Waals surface area contributed by atoms with Crippen LogP contribution in [0.4, 0.5) is 5.69 Å². The molecule has 2 unspecified atom stereocenters. The number of sulfonamides is 1. The molecule has 0 fully saturated rings. The largest absolute Gasteiger partial charge is 0.506 e. The van der Waals surface area contributed by atoms with Gasteiger partial charge in [-0.3, -0.25) is 4.72 Å². The van der Waals surface area contributed by atoms with Crippen molar-refractivity contribution in [2.75, 3.05) is 24.6 Å². The number of rotatable bonds is 11. The molecule has 3 aromatic rings. The molecule has 0 aliphatic heterocycles. The Kier molecular flexibility index (Phi) is 8.32. The zero-order valence-electron chi connectivity index (χ0n) is 18.7. The molecule has 0 aromatic heterocycles. The molecule has 3 rings (SSSR count). The monoisotopic (exact) mass is 470 g/mol. The number of phenols is 1. The van der Waals surface area contributed by atoms with Gasteiger partial charge in [-0.2, -0.15) is 0 Å². The van der Waals surface area contributed by atoms with Crippen molar-refractivity contribution in [2.24, 2.45) is 0 Å². The molecule has 8 heteroatoms. The van der Waals surface area contributed by atoms with E-state index in [1.54, 1.807) is 13.2 Å². The SMILES string of the molecule is COc1ccccc1C(Cc1ccccc1)NCC(O)Cc1ccc(O)c(NS(C)(=O)=O)c1. The van der Waals surface area contributed by atoms with Gasteiger partial charge in [0.05, 0.1) is 25.2 Å². The molecular formula is C25H30N2O5S. The van der Waals surface area contributed by atoms with Crippen LogP contribution in [0.1, 0.15) is 22.7 Å². The second-order valence-corrected chi connectivity index (χ2v) is 9.72. The Bertz CT molecular complexity index is 1150. The van der Waals surface area contributed by atoms with Gasteiger partial charge in [0.25, 0.3) is 0 Å². The Balaban J connectivity index is 1.72. The van der Waals surface area contributed by atoms with E-state index >= 15 is 0 Å². The second kappa shape index (κ2) is 11.2. The van der Waals surface area contributed by atoms with Crippen molar-refractivity contribution in [3.8, 4) is 11.5 Å². The summed E-state index contributed by atoms with van der Waals surface area (Å²) in [5.41, 5.74) is 2.95. The predicted octanol–water partition coefficient (Wildman–Crippen LogP) is 3.25. The highest BCUT2D eigenvalue weighted by atomic mass is 32.2. The number of anilines is 1. The molecule has 33 heavy (non-hydrogen) atoms. The van der Waals surface area contributed by atoms with Crippen molar-refractivity contribution in [1.29, 1.82) is 0 Å². The minimum atomic E-state index is -3.53. The molecule has 0 radical (unpaired) electrons. The quantitative estimate of drug-likeness (QED) is 0.321. The van der Waals surface area contributed by atoms with E-state index in [1.165, 1.54) is 12.1 Å². The van der Waals surface area contributed by atoms with Gasteiger partial charge in [0.2, 0.25) is 10.0 Å². The number of benzene rings is 3. The number of para-hydroxylation sites is 1. The van der Waals surface area contributed by atoms with Crippen molar-refractivity contribution in [3.63, 3.8) is 0 Å². The van der Waals surface area contributed by atoms with Crippen LogP contribution < -0.4 is 14.8 Å². The third-order valence-corrected chi connectivity index (χ3v) is 5.82. The Labute approximate surface area is 195 Å². The first-order chi connectivity index (χ1) is 15.7. The minimum absolute atomic E-state index is 0.0829. The maximum absolute atomic E-state index is 11.5. The Hall–Kier alpha value is -3.07. The Morgan fingerprint density at radius 2 is 1.64 bits per heavy atom. The lowest BCUT2D eigenvalue weighted by Crippen LogP contribution is -2.33. The normalized spacial score (nSPS) is 13.3. The van der Waals surface area contributed by atoms with Crippen LogP contribution in [-0.2, 0) is 22.9 Å². The highest BCUT2D eigenvalue weighted by molar-refractivity contribution is 7.92. The lowest BCUT2D eigenvalue weighted by atomic mass is 9.97. The molecule has 0 saturated carbocycles. The molecule has 0 bridgehead atoms. The van der Waals surface area contributed by atoms with Crippen LogP contribution in [-0.4, -0.2) is 44.6 Å². The van der Waals surface area contributed by atoms with Crippen LogP contribution in [0, 0.1) is 0 Å². The van der Waals surface area contributed by atoms with Crippen LogP contribution in [0.2, 0.25) is 0 Å². The van der Waals surface area contributed by atoms with Crippen LogP contribution in [0.3, 0.4) is 0 Å². The van der Waals surface area contributed by atoms with Crippen molar-refractivity contribution in [1.82, 2.24) is 5.32 Å². The summed E-state index contributed by atoms with van der Waals surface area (Å²) in [5, 5.41) is 24.1. The molecule has 0 heterocycles. The van der Waals surface area contributed by atoms with Gasteiger partial charge in [0, 0.05) is 18.2 Å². The predicted molar refractivity (Wildman–Crippen MR) is 130 cm³/mol. The molecule has 0 aliphatic rings. The second-order valence-electron chi connectivity index (χ2n) is 7.98. The summed E-state index contributed by atoms with van der Waals surface area (Å²) in [6.07, 6.45) is 1.29. The number of hydrogen-bond acceptors (Lipinski definition) is 6. The number of aliphatic hydroxyl groups is 1. The molecule has 7 nitrogen and oxygen atoms in total. The summed E-state index contributed by atoms with van der Waals surface area (Å²) in [6.45, 7) is 0.311. The number of ether oxygens (including phenoxy) is 1. The lowest BCUT2D eigenvalue weighted by Gasteiger charge is -2.23. The first kappa shape index (κ1) is 24.6. The van der Waals surface area contributed by atoms with E-state index in [4.69, 9.17) is 4.74 Å². The van der Waals surface area contributed by atoms with Gasteiger partial charge in [-0.05, 0) is 42.2 Å². The smallest absolute Gasteiger partial charge is 0.229 e. The number of phenolic OH excluding ortho intramolecular Hbond substituents is 1. The Morgan fingerprint density at radius 1 is 0.939 bits per heavy atom. The molecule has 0 saturated heterocycles.